The van der Waals surface area contributed by atoms with Gasteiger partial charge >= 0.3 is 11.9 Å². The number of carboxylic acid groups (broad SMARTS) is 2. The lowest BCUT2D eigenvalue weighted by Gasteiger charge is -2.21. The lowest BCUT2D eigenvalue weighted by atomic mass is 10.2. The minimum absolute atomic E-state index is 0.0386. The van der Waals surface area contributed by atoms with Crippen molar-refractivity contribution in [3.05, 3.63) is 51.0 Å². The van der Waals surface area contributed by atoms with Crippen LogP contribution in [0.3, 0.4) is 0 Å². The molecule has 1 atom stereocenters. The highest BCUT2D eigenvalue weighted by Gasteiger charge is 2.41. The fourth-order valence-corrected chi connectivity index (χ4v) is 4.48. The van der Waals surface area contributed by atoms with E-state index in [1.54, 1.807) is 30.3 Å². The van der Waals surface area contributed by atoms with E-state index in [1.807, 2.05) is 0 Å². The van der Waals surface area contributed by atoms with Gasteiger partial charge in [0.25, 0.3) is 5.91 Å². The van der Waals surface area contributed by atoms with Crippen molar-refractivity contribution in [2.24, 2.45) is 0 Å². The van der Waals surface area contributed by atoms with E-state index in [2.05, 4.69) is 0 Å². The number of thiocarbonyl (C=S) groups is 1. The Morgan fingerprint density at radius 2 is 1.86 bits per heavy atom. The number of rotatable bonds is 6. The SMILES string of the molecule is O=C(O)C[C@H](C(=O)O)N1C(=O)/C(=C\c2ccc(-c3cc(Cl)cc(Cl)c3)o2)SC1=S. The van der Waals surface area contributed by atoms with Gasteiger partial charge in [-0.05, 0) is 30.3 Å². The zero-order valence-corrected chi connectivity index (χ0v) is 17.4. The standard InChI is InChI=1S/C18H11Cl2NO6S2/c19-9-3-8(4-10(20)5-9)13-2-1-11(27-13)6-14-16(24)21(18(28)29-14)12(17(25)26)7-15(22)23/h1-6,12H,7H2,(H,22,23)(H,25,26)/b14-6+/t12-/m1/s1. The highest BCUT2D eigenvalue weighted by Crippen LogP contribution is 2.36. The molecule has 7 nitrogen and oxygen atoms in total. The third-order valence-corrected chi connectivity index (χ3v) is 5.60. The van der Waals surface area contributed by atoms with Gasteiger partial charge in [-0.2, -0.15) is 0 Å². The summed E-state index contributed by atoms with van der Waals surface area (Å²) in [4.78, 5) is 35.9. The van der Waals surface area contributed by atoms with Crippen LogP contribution in [-0.2, 0) is 14.4 Å². The van der Waals surface area contributed by atoms with Crippen LogP contribution in [0.5, 0.6) is 0 Å². The quantitative estimate of drug-likeness (QED) is 0.471. The van der Waals surface area contributed by atoms with E-state index in [4.69, 9.17) is 44.9 Å². The normalized spacial score (nSPS) is 16.5. The Hall–Kier alpha value is -2.33. The van der Waals surface area contributed by atoms with Crippen LogP contribution in [0, 0.1) is 0 Å². The first kappa shape index (κ1) is 21.4. The van der Waals surface area contributed by atoms with Crippen LogP contribution >= 0.6 is 47.2 Å². The summed E-state index contributed by atoms with van der Waals surface area (Å²) in [6, 6.07) is 6.60. The molecule has 29 heavy (non-hydrogen) atoms. The third-order valence-electron chi connectivity index (χ3n) is 3.84. The molecule has 0 saturated carbocycles. The van der Waals surface area contributed by atoms with Gasteiger partial charge in [0.1, 0.15) is 21.9 Å². The number of carbonyl (C=O) groups excluding carboxylic acids is 1. The predicted octanol–water partition coefficient (Wildman–Crippen LogP) is 4.38. The zero-order chi connectivity index (χ0) is 21.3. The van der Waals surface area contributed by atoms with Gasteiger partial charge in [-0.15, -0.1) is 0 Å². The van der Waals surface area contributed by atoms with Crippen molar-refractivity contribution in [1.82, 2.24) is 4.90 Å². The number of halogens is 2. The summed E-state index contributed by atoms with van der Waals surface area (Å²) in [5.74, 6) is -2.72. The summed E-state index contributed by atoms with van der Waals surface area (Å²) in [6.45, 7) is 0. The monoisotopic (exact) mass is 471 g/mol. The van der Waals surface area contributed by atoms with E-state index in [-0.39, 0.29) is 9.23 Å². The summed E-state index contributed by atoms with van der Waals surface area (Å²) in [7, 11) is 0. The minimum atomic E-state index is -1.59. The summed E-state index contributed by atoms with van der Waals surface area (Å²) < 4.78 is 5.66. The molecule has 3 rings (SSSR count). The number of benzene rings is 1. The Labute approximate surface area is 183 Å². The first-order chi connectivity index (χ1) is 13.7. The van der Waals surface area contributed by atoms with Crippen LogP contribution in [0.15, 0.2) is 39.7 Å². The number of furan rings is 1. The molecule has 0 bridgehead atoms. The average Bonchev–Trinajstić information content (AvgIpc) is 3.17. The van der Waals surface area contributed by atoms with Crippen LogP contribution in [0.2, 0.25) is 10.0 Å². The van der Waals surface area contributed by atoms with Crippen molar-refractivity contribution in [3.63, 3.8) is 0 Å². The Morgan fingerprint density at radius 1 is 1.21 bits per heavy atom. The Morgan fingerprint density at radius 3 is 2.45 bits per heavy atom. The molecule has 1 fully saturated rings. The number of thioether (sulfide) groups is 1. The highest BCUT2D eigenvalue weighted by molar-refractivity contribution is 8.26. The molecule has 1 saturated heterocycles. The topological polar surface area (TPSA) is 108 Å². The van der Waals surface area contributed by atoms with E-state index < -0.39 is 30.3 Å². The third kappa shape index (κ3) is 4.81. The van der Waals surface area contributed by atoms with Crippen molar-refractivity contribution in [3.8, 4) is 11.3 Å². The number of hydrogen-bond donors (Lipinski definition) is 2. The zero-order valence-electron chi connectivity index (χ0n) is 14.3. The Balaban J connectivity index is 1.87. The molecule has 2 N–H and O–H groups in total. The second kappa shape index (κ2) is 8.58. The van der Waals surface area contributed by atoms with E-state index in [9.17, 15) is 19.5 Å². The maximum Gasteiger partial charge on any atom is 0.327 e. The maximum atomic E-state index is 12.6. The van der Waals surface area contributed by atoms with Crippen molar-refractivity contribution in [1.29, 1.82) is 0 Å². The second-order valence-corrected chi connectivity index (χ2v) is 8.41. The summed E-state index contributed by atoms with van der Waals surface area (Å²) >= 11 is 17.9. The number of carbonyl (C=O) groups is 3. The second-order valence-electron chi connectivity index (χ2n) is 5.86. The molecule has 1 amide bonds. The van der Waals surface area contributed by atoms with Crippen molar-refractivity contribution in [2.75, 3.05) is 0 Å². The molecule has 1 aromatic carbocycles. The molecule has 0 unspecified atom stereocenters. The van der Waals surface area contributed by atoms with Gasteiger partial charge in [-0.1, -0.05) is 47.2 Å². The number of nitrogens with zero attached hydrogens (tertiary/aromatic N) is 1. The van der Waals surface area contributed by atoms with Crippen LogP contribution < -0.4 is 0 Å². The first-order valence-electron chi connectivity index (χ1n) is 7.93. The smallest absolute Gasteiger partial charge is 0.327 e. The molecule has 1 aromatic heterocycles. The van der Waals surface area contributed by atoms with Crippen molar-refractivity contribution in [2.45, 2.75) is 12.5 Å². The van der Waals surface area contributed by atoms with Crippen LogP contribution in [0.25, 0.3) is 17.4 Å². The molecule has 0 aliphatic carbocycles. The first-order valence-corrected chi connectivity index (χ1v) is 9.91. The van der Waals surface area contributed by atoms with Gasteiger partial charge in [-0.25, -0.2) is 4.79 Å². The van der Waals surface area contributed by atoms with E-state index in [0.717, 1.165) is 16.7 Å². The average molecular weight is 472 g/mol. The summed E-state index contributed by atoms with van der Waals surface area (Å²) in [5.41, 5.74) is 0.641. The van der Waals surface area contributed by atoms with Crippen LogP contribution in [0.4, 0.5) is 0 Å². The van der Waals surface area contributed by atoms with Crippen molar-refractivity contribution < 1.29 is 29.0 Å². The predicted molar refractivity (Wildman–Crippen MR) is 113 cm³/mol. The molecule has 0 radical (unpaired) electrons. The Bertz CT molecular complexity index is 1040. The fourth-order valence-electron chi connectivity index (χ4n) is 2.61. The van der Waals surface area contributed by atoms with Crippen LogP contribution in [0.1, 0.15) is 12.2 Å². The number of aliphatic carboxylic acids is 2. The molecular weight excluding hydrogens is 461 g/mol. The molecule has 0 spiro atoms. The van der Waals surface area contributed by atoms with E-state index in [1.165, 1.54) is 6.08 Å². The molecule has 11 heteroatoms. The van der Waals surface area contributed by atoms with Gasteiger partial charge in [0, 0.05) is 21.7 Å². The largest absolute Gasteiger partial charge is 0.481 e. The van der Waals surface area contributed by atoms with Gasteiger partial charge in [0.15, 0.2) is 0 Å². The van der Waals surface area contributed by atoms with Gasteiger partial charge in [-0.3, -0.25) is 14.5 Å². The van der Waals surface area contributed by atoms with Gasteiger partial charge in [0.05, 0.1) is 11.3 Å². The summed E-state index contributed by atoms with van der Waals surface area (Å²) in [5, 5.41) is 19.1. The molecular formula is C18H11Cl2NO6S2. The van der Waals surface area contributed by atoms with Gasteiger partial charge < -0.3 is 14.6 Å². The lowest BCUT2D eigenvalue weighted by molar-refractivity contribution is -0.150. The Kier molecular flexibility index (Phi) is 6.33. The lowest BCUT2D eigenvalue weighted by Crippen LogP contribution is -2.45. The van der Waals surface area contributed by atoms with Gasteiger partial charge in [0.2, 0.25) is 0 Å². The van der Waals surface area contributed by atoms with Crippen LogP contribution in [-0.4, -0.2) is 43.3 Å². The molecule has 1 aliphatic heterocycles. The minimum Gasteiger partial charge on any atom is -0.481 e. The molecule has 150 valence electrons. The maximum absolute atomic E-state index is 12.6. The molecule has 2 aromatic rings. The fraction of sp³-hybridized carbons (Fsp3) is 0.111. The summed E-state index contributed by atoms with van der Waals surface area (Å²) in [6.07, 6.45) is 0.643. The molecule has 1 aliphatic rings. The molecule has 2 heterocycles. The van der Waals surface area contributed by atoms with E-state index in [0.29, 0.717) is 27.1 Å². The number of amides is 1. The highest BCUT2D eigenvalue weighted by atomic mass is 35.5. The number of carboxylic acids is 2. The van der Waals surface area contributed by atoms with E-state index >= 15 is 0 Å². The van der Waals surface area contributed by atoms with Crippen molar-refractivity contribution >= 4 is 75.4 Å². The number of hydrogen-bond acceptors (Lipinski definition) is 6.